The second-order valence-corrected chi connectivity index (χ2v) is 5.33. The van der Waals surface area contributed by atoms with E-state index in [0.717, 1.165) is 38.3 Å². The molecule has 0 radical (unpaired) electrons. The van der Waals surface area contributed by atoms with Crippen LogP contribution in [0.2, 0.25) is 5.02 Å². The Hall–Kier alpha value is -1.17. The van der Waals surface area contributed by atoms with Crippen LogP contribution in [0.5, 0.6) is 0 Å². The van der Waals surface area contributed by atoms with E-state index in [1.54, 1.807) is 17.0 Å². The Morgan fingerprint density at radius 2 is 2.00 bits per heavy atom. The molecule has 6 heteroatoms. The van der Waals surface area contributed by atoms with Gasteiger partial charge in [0.15, 0.2) is 0 Å². The Labute approximate surface area is 111 Å². The Bertz CT molecular complexity index is 445. The third-order valence-corrected chi connectivity index (χ3v) is 3.79. The lowest BCUT2D eigenvalue weighted by Crippen LogP contribution is -3.26. The van der Waals surface area contributed by atoms with Gasteiger partial charge >= 0.3 is 0 Å². The minimum absolute atomic E-state index is 0.00770. The molecular weight excluding hydrogens is 254 g/mol. The molecular formula is C12H18ClN3O2+2. The van der Waals surface area contributed by atoms with Gasteiger partial charge in [-0.1, -0.05) is 17.7 Å². The van der Waals surface area contributed by atoms with Crippen molar-refractivity contribution in [2.45, 2.75) is 6.54 Å². The average molecular weight is 272 g/mol. The first-order chi connectivity index (χ1) is 8.56. The maximum Gasteiger partial charge on any atom is 0.288 e. The number of piperazine rings is 1. The lowest BCUT2D eigenvalue weighted by Gasteiger charge is -2.27. The largest absolute Gasteiger partial charge is 0.328 e. The summed E-state index contributed by atoms with van der Waals surface area (Å²) in [4.78, 5) is 13.4. The van der Waals surface area contributed by atoms with E-state index in [4.69, 9.17) is 11.6 Å². The van der Waals surface area contributed by atoms with Crippen molar-refractivity contribution in [2.24, 2.45) is 0 Å². The third-order valence-electron chi connectivity index (χ3n) is 3.47. The molecule has 0 bridgehead atoms. The molecule has 0 atom stereocenters. The summed E-state index contributed by atoms with van der Waals surface area (Å²) in [6.07, 6.45) is 0. The van der Waals surface area contributed by atoms with Gasteiger partial charge in [0.05, 0.1) is 12.0 Å². The molecule has 0 unspecified atom stereocenters. The van der Waals surface area contributed by atoms with Gasteiger partial charge in [0, 0.05) is 11.6 Å². The molecule has 0 spiro atoms. The van der Waals surface area contributed by atoms with Crippen LogP contribution in [0.15, 0.2) is 18.2 Å². The van der Waals surface area contributed by atoms with E-state index >= 15 is 0 Å². The number of likely N-dealkylation sites (N-methyl/N-ethyl adjacent to an activating group) is 1. The summed E-state index contributed by atoms with van der Waals surface area (Å²) in [6.45, 7) is 5.38. The normalized spacial score (nSPS) is 23.9. The number of rotatable bonds is 3. The van der Waals surface area contributed by atoms with Crippen LogP contribution in [0.25, 0.3) is 0 Å². The summed E-state index contributed by atoms with van der Waals surface area (Å²) >= 11 is 5.80. The number of nitrogens with zero attached hydrogens (tertiary/aromatic N) is 1. The number of quaternary nitrogens is 2. The molecule has 18 heavy (non-hydrogen) atoms. The van der Waals surface area contributed by atoms with Crippen LogP contribution >= 0.6 is 11.6 Å². The van der Waals surface area contributed by atoms with Crippen molar-refractivity contribution in [2.75, 3.05) is 33.2 Å². The molecule has 1 aliphatic rings. The van der Waals surface area contributed by atoms with Crippen molar-refractivity contribution < 1.29 is 14.7 Å². The predicted molar refractivity (Wildman–Crippen MR) is 69.1 cm³/mol. The number of hydrogen-bond donors (Lipinski definition) is 2. The topological polar surface area (TPSA) is 52.0 Å². The summed E-state index contributed by atoms with van der Waals surface area (Å²) in [6, 6.07) is 5.10. The van der Waals surface area contributed by atoms with E-state index in [1.807, 2.05) is 6.07 Å². The maximum atomic E-state index is 10.8. The van der Waals surface area contributed by atoms with Gasteiger partial charge in [-0.05, 0) is 6.07 Å². The Kier molecular flexibility index (Phi) is 4.16. The first-order valence-corrected chi connectivity index (χ1v) is 6.52. The number of nitro groups is 1. The molecule has 1 aliphatic heterocycles. The van der Waals surface area contributed by atoms with Crippen LogP contribution < -0.4 is 9.80 Å². The molecule has 0 aromatic heterocycles. The first kappa shape index (κ1) is 13.3. The highest BCUT2D eigenvalue weighted by molar-refractivity contribution is 6.32. The van der Waals surface area contributed by atoms with Crippen molar-refractivity contribution in [3.05, 3.63) is 38.9 Å². The van der Waals surface area contributed by atoms with E-state index < -0.39 is 4.92 Å². The quantitative estimate of drug-likeness (QED) is 0.557. The summed E-state index contributed by atoms with van der Waals surface area (Å²) in [7, 11) is 2.20. The van der Waals surface area contributed by atoms with Gasteiger partial charge < -0.3 is 9.80 Å². The molecule has 0 saturated carbocycles. The van der Waals surface area contributed by atoms with Crippen LogP contribution in [0, 0.1) is 10.1 Å². The van der Waals surface area contributed by atoms with Gasteiger partial charge in [-0.15, -0.1) is 0 Å². The lowest BCUT2D eigenvalue weighted by molar-refractivity contribution is -1.01. The van der Waals surface area contributed by atoms with Gasteiger partial charge in [0.1, 0.15) is 37.7 Å². The molecule has 1 aromatic rings. The highest BCUT2D eigenvalue weighted by atomic mass is 35.5. The zero-order chi connectivity index (χ0) is 13.1. The van der Waals surface area contributed by atoms with E-state index in [2.05, 4.69) is 7.05 Å². The van der Waals surface area contributed by atoms with E-state index in [9.17, 15) is 10.1 Å². The number of halogens is 1. The maximum absolute atomic E-state index is 10.8. The standard InChI is InChI=1S/C12H16ClN3O2/c1-14-4-6-15(7-5-14)9-10-2-3-11(13)12(8-10)16(17)18/h2-3,8H,4-7,9H2,1H3/p+2. The number of nitro benzene ring substituents is 1. The molecule has 1 fully saturated rings. The first-order valence-electron chi connectivity index (χ1n) is 6.14. The fourth-order valence-electron chi connectivity index (χ4n) is 2.30. The smallest absolute Gasteiger partial charge is 0.288 e. The molecule has 1 aromatic carbocycles. The van der Waals surface area contributed by atoms with Crippen LogP contribution in [-0.2, 0) is 6.54 Å². The van der Waals surface area contributed by atoms with E-state index in [-0.39, 0.29) is 10.7 Å². The molecule has 2 N–H and O–H groups in total. The summed E-state index contributed by atoms with van der Waals surface area (Å²) in [5.74, 6) is 0. The fraction of sp³-hybridized carbons (Fsp3) is 0.500. The lowest BCUT2D eigenvalue weighted by atomic mass is 10.1. The number of nitrogens with one attached hydrogen (secondary N) is 2. The zero-order valence-corrected chi connectivity index (χ0v) is 11.2. The monoisotopic (exact) mass is 271 g/mol. The number of hydrogen-bond acceptors (Lipinski definition) is 2. The Morgan fingerprint density at radius 1 is 1.33 bits per heavy atom. The number of benzene rings is 1. The minimum atomic E-state index is -0.421. The van der Waals surface area contributed by atoms with Gasteiger partial charge in [0.25, 0.3) is 5.69 Å². The Morgan fingerprint density at radius 3 is 2.61 bits per heavy atom. The summed E-state index contributed by atoms with van der Waals surface area (Å²) in [5, 5.41) is 11.0. The van der Waals surface area contributed by atoms with Crippen molar-refractivity contribution in [1.82, 2.24) is 0 Å². The van der Waals surface area contributed by atoms with Crippen LogP contribution in [0.3, 0.4) is 0 Å². The molecule has 1 heterocycles. The van der Waals surface area contributed by atoms with Crippen LogP contribution in [0.4, 0.5) is 5.69 Å². The van der Waals surface area contributed by atoms with Gasteiger partial charge in [-0.3, -0.25) is 10.1 Å². The van der Waals surface area contributed by atoms with Gasteiger partial charge in [-0.2, -0.15) is 0 Å². The minimum Gasteiger partial charge on any atom is -0.328 e. The SMILES string of the molecule is C[NH+]1CC[NH+](Cc2ccc(Cl)c([N+](=O)[O-])c2)CC1. The summed E-state index contributed by atoms with van der Waals surface area (Å²) < 4.78 is 0. The van der Waals surface area contributed by atoms with Crippen LogP contribution in [-0.4, -0.2) is 38.2 Å². The molecule has 0 amide bonds. The highest BCUT2D eigenvalue weighted by Gasteiger charge is 2.21. The molecule has 5 nitrogen and oxygen atoms in total. The van der Waals surface area contributed by atoms with Crippen molar-refractivity contribution in [1.29, 1.82) is 0 Å². The predicted octanol–water partition coefficient (Wildman–Crippen LogP) is -0.839. The van der Waals surface area contributed by atoms with Gasteiger partial charge in [0.2, 0.25) is 0 Å². The molecule has 0 aliphatic carbocycles. The van der Waals surface area contributed by atoms with E-state index in [1.165, 1.54) is 4.90 Å². The molecule has 1 saturated heterocycles. The van der Waals surface area contributed by atoms with Crippen molar-refractivity contribution >= 4 is 17.3 Å². The van der Waals surface area contributed by atoms with Crippen molar-refractivity contribution in [3.8, 4) is 0 Å². The third kappa shape index (κ3) is 3.19. The highest BCUT2D eigenvalue weighted by Crippen LogP contribution is 2.24. The van der Waals surface area contributed by atoms with Gasteiger partial charge in [-0.25, -0.2) is 0 Å². The second kappa shape index (κ2) is 5.65. The molecule has 98 valence electrons. The van der Waals surface area contributed by atoms with Crippen LogP contribution in [0.1, 0.15) is 5.56 Å². The summed E-state index contributed by atoms with van der Waals surface area (Å²) in [5.41, 5.74) is 0.994. The molecule has 2 rings (SSSR count). The van der Waals surface area contributed by atoms with Crippen molar-refractivity contribution in [3.63, 3.8) is 0 Å². The Balaban J connectivity index is 2.05. The average Bonchev–Trinajstić information content (AvgIpc) is 2.34. The van der Waals surface area contributed by atoms with E-state index in [0.29, 0.717) is 0 Å². The fourth-order valence-corrected chi connectivity index (χ4v) is 2.49. The zero-order valence-electron chi connectivity index (χ0n) is 10.4. The second-order valence-electron chi connectivity index (χ2n) is 4.93.